The minimum absolute atomic E-state index is 0.166. The van der Waals surface area contributed by atoms with Crippen LogP contribution in [0.4, 0.5) is 0 Å². The van der Waals surface area contributed by atoms with Crippen LogP contribution in [0.25, 0.3) is 10.9 Å². The molecular weight excluding hydrogens is 202 g/mol. The largest absolute Gasteiger partial charge is 0.392 e. The molecule has 0 saturated carbocycles. The number of aliphatic hydroxyl groups excluding tert-OH is 1. The Morgan fingerprint density at radius 3 is 2.93 bits per heavy atom. The highest BCUT2D eigenvalue weighted by Gasteiger charge is 2.04. The van der Waals surface area contributed by atoms with Crippen molar-refractivity contribution in [2.75, 3.05) is 0 Å². The standard InChI is InChI=1S/C10H8ClNO2/c11-8-3-1-2-7-6(5-13)4-9(14)12-10(7)8/h1-4,13H,5H2,(H,12,14). The smallest absolute Gasteiger partial charge is 0.248 e. The van der Waals surface area contributed by atoms with E-state index in [0.29, 0.717) is 16.1 Å². The van der Waals surface area contributed by atoms with E-state index in [9.17, 15) is 4.79 Å². The van der Waals surface area contributed by atoms with Crippen molar-refractivity contribution in [3.8, 4) is 0 Å². The van der Waals surface area contributed by atoms with Crippen LogP contribution in [0.1, 0.15) is 5.56 Å². The number of pyridine rings is 1. The molecule has 0 unspecified atom stereocenters. The number of fused-ring (bicyclic) bond motifs is 1. The van der Waals surface area contributed by atoms with E-state index in [4.69, 9.17) is 16.7 Å². The fourth-order valence-electron chi connectivity index (χ4n) is 1.44. The summed E-state index contributed by atoms with van der Waals surface area (Å²) in [5.74, 6) is 0. The van der Waals surface area contributed by atoms with Crippen LogP contribution in [0.2, 0.25) is 5.02 Å². The summed E-state index contributed by atoms with van der Waals surface area (Å²) < 4.78 is 0. The molecule has 72 valence electrons. The zero-order valence-electron chi connectivity index (χ0n) is 7.25. The van der Waals surface area contributed by atoms with E-state index >= 15 is 0 Å². The van der Waals surface area contributed by atoms with Crippen molar-refractivity contribution in [2.45, 2.75) is 6.61 Å². The number of halogens is 1. The van der Waals surface area contributed by atoms with Crippen molar-refractivity contribution in [3.63, 3.8) is 0 Å². The summed E-state index contributed by atoms with van der Waals surface area (Å²) in [6.07, 6.45) is 0. The van der Waals surface area contributed by atoms with Gasteiger partial charge in [0.05, 0.1) is 17.1 Å². The number of para-hydroxylation sites is 1. The number of aromatic amines is 1. The van der Waals surface area contributed by atoms with Gasteiger partial charge in [-0.2, -0.15) is 0 Å². The highest BCUT2D eigenvalue weighted by molar-refractivity contribution is 6.35. The molecule has 2 N–H and O–H groups in total. The van der Waals surface area contributed by atoms with Gasteiger partial charge in [0.2, 0.25) is 5.56 Å². The first-order valence-corrected chi connectivity index (χ1v) is 4.51. The first kappa shape index (κ1) is 9.24. The summed E-state index contributed by atoms with van der Waals surface area (Å²) in [5, 5.41) is 10.3. The normalized spacial score (nSPS) is 10.7. The maximum Gasteiger partial charge on any atom is 0.248 e. The molecule has 2 aromatic rings. The van der Waals surface area contributed by atoms with Gasteiger partial charge in [0, 0.05) is 11.5 Å². The maximum absolute atomic E-state index is 11.2. The Morgan fingerprint density at radius 1 is 1.43 bits per heavy atom. The quantitative estimate of drug-likeness (QED) is 0.751. The van der Waals surface area contributed by atoms with Gasteiger partial charge in [-0.05, 0) is 11.6 Å². The molecule has 0 bridgehead atoms. The molecule has 14 heavy (non-hydrogen) atoms. The molecule has 0 amide bonds. The minimum atomic E-state index is -0.255. The Bertz CT molecular complexity index is 533. The predicted octanol–water partition coefficient (Wildman–Crippen LogP) is 1.67. The summed E-state index contributed by atoms with van der Waals surface area (Å²) in [7, 11) is 0. The number of benzene rings is 1. The molecule has 0 atom stereocenters. The van der Waals surface area contributed by atoms with Gasteiger partial charge in [-0.25, -0.2) is 0 Å². The molecular formula is C10H8ClNO2. The number of H-pyrrole nitrogens is 1. The number of hydrogen-bond acceptors (Lipinski definition) is 2. The van der Waals surface area contributed by atoms with Crippen molar-refractivity contribution < 1.29 is 5.11 Å². The lowest BCUT2D eigenvalue weighted by atomic mass is 10.1. The van der Waals surface area contributed by atoms with Crippen LogP contribution in [0.5, 0.6) is 0 Å². The Morgan fingerprint density at radius 2 is 2.21 bits per heavy atom. The third kappa shape index (κ3) is 1.41. The molecule has 3 nitrogen and oxygen atoms in total. The molecule has 0 radical (unpaired) electrons. The van der Waals surface area contributed by atoms with Crippen LogP contribution < -0.4 is 5.56 Å². The first-order valence-electron chi connectivity index (χ1n) is 4.13. The van der Waals surface area contributed by atoms with E-state index in [1.54, 1.807) is 12.1 Å². The average molecular weight is 210 g/mol. The Hall–Kier alpha value is -1.32. The summed E-state index contributed by atoms with van der Waals surface area (Å²) in [6.45, 7) is -0.166. The molecule has 0 spiro atoms. The molecule has 0 fully saturated rings. The zero-order valence-corrected chi connectivity index (χ0v) is 8.01. The van der Waals surface area contributed by atoms with E-state index in [-0.39, 0.29) is 12.2 Å². The molecule has 0 aliphatic rings. The van der Waals surface area contributed by atoms with Crippen molar-refractivity contribution >= 4 is 22.5 Å². The van der Waals surface area contributed by atoms with Gasteiger partial charge in [0.15, 0.2) is 0 Å². The first-order chi connectivity index (χ1) is 6.72. The van der Waals surface area contributed by atoms with Crippen LogP contribution in [-0.4, -0.2) is 10.1 Å². The topological polar surface area (TPSA) is 53.1 Å². The van der Waals surface area contributed by atoms with Gasteiger partial charge in [-0.3, -0.25) is 4.79 Å². The van der Waals surface area contributed by atoms with Crippen LogP contribution in [0, 0.1) is 0 Å². The number of hydrogen-bond donors (Lipinski definition) is 2. The zero-order chi connectivity index (χ0) is 10.1. The lowest BCUT2D eigenvalue weighted by Crippen LogP contribution is -2.06. The number of rotatable bonds is 1. The lowest BCUT2D eigenvalue weighted by molar-refractivity contribution is 0.283. The summed E-state index contributed by atoms with van der Waals surface area (Å²) >= 11 is 5.91. The van der Waals surface area contributed by atoms with Crippen LogP contribution in [-0.2, 0) is 6.61 Å². The maximum atomic E-state index is 11.2. The molecule has 4 heteroatoms. The van der Waals surface area contributed by atoms with Gasteiger partial charge >= 0.3 is 0 Å². The lowest BCUT2D eigenvalue weighted by Gasteiger charge is -2.03. The predicted molar refractivity (Wildman–Crippen MR) is 55.5 cm³/mol. The highest BCUT2D eigenvalue weighted by atomic mass is 35.5. The Kier molecular flexibility index (Phi) is 2.27. The van der Waals surface area contributed by atoms with Crippen LogP contribution >= 0.6 is 11.6 Å². The van der Waals surface area contributed by atoms with E-state index in [2.05, 4.69) is 4.98 Å². The van der Waals surface area contributed by atoms with E-state index in [0.717, 1.165) is 5.39 Å². The monoisotopic (exact) mass is 209 g/mol. The Labute approximate surface area is 85.0 Å². The van der Waals surface area contributed by atoms with Crippen molar-refractivity contribution in [1.82, 2.24) is 4.98 Å². The van der Waals surface area contributed by atoms with Gasteiger partial charge in [0.25, 0.3) is 0 Å². The highest BCUT2D eigenvalue weighted by Crippen LogP contribution is 2.22. The molecule has 1 aromatic carbocycles. The Balaban J connectivity index is 2.94. The van der Waals surface area contributed by atoms with Gasteiger partial charge in [-0.1, -0.05) is 23.7 Å². The van der Waals surface area contributed by atoms with Gasteiger partial charge in [0.1, 0.15) is 0 Å². The second-order valence-corrected chi connectivity index (χ2v) is 3.39. The minimum Gasteiger partial charge on any atom is -0.392 e. The molecule has 1 aromatic heterocycles. The molecule has 2 rings (SSSR count). The van der Waals surface area contributed by atoms with E-state index < -0.39 is 0 Å². The van der Waals surface area contributed by atoms with E-state index in [1.165, 1.54) is 6.07 Å². The van der Waals surface area contributed by atoms with Crippen molar-refractivity contribution in [3.05, 3.63) is 45.2 Å². The fraction of sp³-hybridized carbons (Fsp3) is 0.100. The van der Waals surface area contributed by atoms with Gasteiger partial charge in [-0.15, -0.1) is 0 Å². The van der Waals surface area contributed by atoms with Crippen molar-refractivity contribution in [1.29, 1.82) is 0 Å². The number of nitrogens with one attached hydrogen (secondary N) is 1. The number of aromatic nitrogens is 1. The molecule has 1 heterocycles. The van der Waals surface area contributed by atoms with Crippen LogP contribution in [0.3, 0.4) is 0 Å². The van der Waals surface area contributed by atoms with E-state index in [1.807, 2.05) is 6.07 Å². The third-order valence-corrected chi connectivity index (χ3v) is 2.40. The third-order valence-electron chi connectivity index (χ3n) is 2.08. The number of aliphatic hydroxyl groups is 1. The fourth-order valence-corrected chi connectivity index (χ4v) is 1.67. The summed E-state index contributed by atoms with van der Waals surface area (Å²) in [5.41, 5.74) is 0.909. The second-order valence-electron chi connectivity index (χ2n) is 2.98. The molecule has 0 aliphatic heterocycles. The average Bonchev–Trinajstić information content (AvgIpc) is 2.18. The van der Waals surface area contributed by atoms with Crippen LogP contribution in [0.15, 0.2) is 29.1 Å². The molecule has 0 aliphatic carbocycles. The summed E-state index contributed by atoms with van der Waals surface area (Å²) in [6, 6.07) is 6.66. The summed E-state index contributed by atoms with van der Waals surface area (Å²) in [4.78, 5) is 13.8. The molecule has 0 saturated heterocycles. The van der Waals surface area contributed by atoms with Gasteiger partial charge < -0.3 is 10.1 Å². The van der Waals surface area contributed by atoms with Crippen molar-refractivity contribution in [2.24, 2.45) is 0 Å². The SMILES string of the molecule is O=c1cc(CO)c2cccc(Cl)c2[nH]1. The second kappa shape index (κ2) is 3.44.